The Morgan fingerprint density at radius 1 is 1.89 bits per heavy atom. The summed E-state index contributed by atoms with van der Waals surface area (Å²) in [4.78, 5) is 10.7. The van der Waals surface area contributed by atoms with Gasteiger partial charge in [-0.3, -0.25) is 4.79 Å². The van der Waals surface area contributed by atoms with Crippen LogP contribution in [0.25, 0.3) is 0 Å². The van der Waals surface area contributed by atoms with E-state index in [2.05, 4.69) is 5.32 Å². The van der Waals surface area contributed by atoms with Gasteiger partial charge in [-0.2, -0.15) is 0 Å². The van der Waals surface area contributed by atoms with Crippen LogP contribution in [0, 0.1) is 0 Å². The van der Waals surface area contributed by atoms with Crippen LogP contribution in [0.2, 0.25) is 0 Å². The van der Waals surface area contributed by atoms with E-state index in [4.69, 9.17) is 5.11 Å². The molecule has 0 saturated carbocycles. The van der Waals surface area contributed by atoms with Crippen molar-refractivity contribution in [3.63, 3.8) is 0 Å². The number of amides is 1. The Morgan fingerprint density at radius 2 is 2.56 bits per heavy atom. The van der Waals surface area contributed by atoms with Crippen molar-refractivity contribution in [2.24, 2.45) is 0 Å². The van der Waals surface area contributed by atoms with Crippen LogP contribution in [-0.2, 0) is 4.79 Å². The number of rotatable bonds is 1. The summed E-state index contributed by atoms with van der Waals surface area (Å²) in [5.41, 5.74) is 0.689. The quantitative estimate of drug-likeness (QED) is 0.495. The van der Waals surface area contributed by atoms with Crippen molar-refractivity contribution >= 4 is 5.91 Å². The first-order valence-corrected chi connectivity index (χ1v) is 2.84. The molecule has 1 amide bonds. The number of carbonyl (C=O) groups excluding carboxylic acids is 1. The van der Waals surface area contributed by atoms with Gasteiger partial charge >= 0.3 is 0 Å². The van der Waals surface area contributed by atoms with Crippen molar-refractivity contribution in [3.05, 3.63) is 11.6 Å². The van der Waals surface area contributed by atoms with Crippen LogP contribution >= 0.6 is 0 Å². The van der Waals surface area contributed by atoms with Gasteiger partial charge in [0.2, 0.25) is 5.91 Å². The highest BCUT2D eigenvalue weighted by Crippen LogP contribution is 2.03. The molecule has 9 heavy (non-hydrogen) atoms. The first-order valence-electron chi connectivity index (χ1n) is 2.84. The number of aliphatic hydroxyl groups is 1. The maximum atomic E-state index is 10.7. The molecule has 0 aromatic heterocycles. The van der Waals surface area contributed by atoms with Gasteiger partial charge in [0.25, 0.3) is 0 Å². The molecule has 0 bridgehead atoms. The number of aliphatic hydroxyl groups excluding tert-OH is 1. The van der Waals surface area contributed by atoms with Crippen molar-refractivity contribution < 1.29 is 9.90 Å². The highest BCUT2D eigenvalue weighted by molar-refractivity contribution is 5.95. The van der Waals surface area contributed by atoms with Crippen molar-refractivity contribution in [1.82, 2.24) is 5.32 Å². The molecule has 0 unspecified atom stereocenters. The van der Waals surface area contributed by atoms with Crippen molar-refractivity contribution in [2.75, 3.05) is 6.61 Å². The highest BCUT2D eigenvalue weighted by atomic mass is 16.3. The second kappa shape index (κ2) is 2.19. The Bertz CT molecular complexity index is 162. The molecular weight excluding hydrogens is 118 g/mol. The lowest BCUT2D eigenvalue weighted by Gasteiger charge is -2.01. The molecule has 1 atom stereocenters. The summed E-state index contributed by atoms with van der Waals surface area (Å²) in [5.74, 6) is -0.0750. The van der Waals surface area contributed by atoms with Crippen LogP contribution in [0.15, 0.2) is 11.6 Å². The summed E-state index contributed by atoms with van der Waals surface area (Å²) in [7, 11) is 0. The summed E-state index contributed by atoms with van der Waals surface area (Å²) in [5, 5.41) is 11.1. The largest absolute Gasteiger partial charge is 0.394 e. The Hall–Kier alpha value is -0.830. The zero-order valence-electron chi connectivity index (χ0n) is 5.22. The van der Waals surface area contributed by atoms with E-state index in [0.717, 1.165) is 0 Å². The van der Waals surface area contributed by atoms with Gasteiger partial charge in [-0.05, 0) is 6.92 Å². The van der Waals surface area contributed by atoms with Crippen molar-refractivity contribution in [3.8, 4) is 0 Å². The number of nitrogens with one attached hydrogen (secondary N) is 1. The molecule has 0 aliphatic carbocycles. The molecule has 0 aromatic carbocycles. The summed E-state index contributed by atoms with van der Waals surface area (Å²) in [6, 6.07) is -0.155. The van der Waals surface area contributed by atoms with E-state index in [0.29, 0.717) is 5.57 Å². The van der Waals surface area contributed by atoms with E-state index in [9.17, 15) is 4.79 Å². The maximum Gasteiger partial charge on any atom is 0.247 e. The van der Waals surface area contributed by atoms with Crippen LogP contribution in [-0.4, -0.2) is 23.7 Å². The zero-order chi connectivity index (χ0) is 6.85. The van der Waals surface area contributed by atoms with E-state index in [1.165, 1.54) is 0 Å². The second-order valence-corrected chi connectivity index (χ2v) is 2.11. The summed E-state index contributed by atoms with van der Waals surface area (Å²) in [6.45, 7) is 1.72. The molecule has 1 aliphatic rings. The predicted molar refractivity (Wildman–Crippen MR) is 32.8 cm³/mol. The normalized spacial score (nSPS) is 25.8. The minimum atomic E-state index is -0.155. The van der Waals surface area contributed by atoms with Gasteiger partial charge < -0.3 is 10.4 Å². The Balaban J connectivity index is 2.62. The number of hydrogen-bond acceptors (Lipinski definition) is 2. The highest BCUT2D eigenvalue weighted by Gasteiger charge is 2.17. The van der Waals surface area contributed by atoms with Gasteiger partial charge in [-0.1, -0.05) is 6.08 Å². The van der Waals surface area contributed by atoms with E-state index in [1.54, 1.807) is 13.0 Å². The Kier molecular flexibility index (Phi) is 1.53. The lowest BCUT2D eigenvalue weighted by atomic mass is 10.3. The molecule has 0 aromatic rings. The molecule has 3 nitrogen and oxygen atoms in total. The minimum Gasteiger partial charge on any atom is -0.394 e. The number of hydrogen-bond donors (Lipinski definition) is 2. The molecule has 0 fully saturated rings. The van der Waals surface area contributed by atoms with Gasteiger partial charge in [0, 0.05) is 5.57 Å². The molecule has 2 N–H and O–H groups in total. The SMILES string of the molecule is CC1=C[C@H](CO)NC1=O. The van der Waals surface area contributed by atoms with E-state index in [-0.39, 0.29) is 18.6 Å². The summed E-state index contributed by atoms with van der Waals surface area (Å²) < 4.78 is 0. The fraction of sp³-hybridized carbons (Fsp3) is 0.500. The first-order chi connectivity index (χ1) is 4.24. The molecule has 0 radical (unpaired) electrons. The smallest absolute Gasteiger partial charge is 0.247 e. The minimum absolute atomic E-state index is 0.0108. The van der Waals surface area contributed by atoms with Crippen LogP contribution < -0.4 is 5.32 Å². The molecule has 0 spiro atoms. The van der Waals surface area contributed by atoms with E-state index >= 15 is 0 Å². The van der Waals surface area contributed by atoms with Crippen molar-refractivity contribution in [2.45, 2.75) is 13.0 Å². The summed E-state index contributed by atoms with van der Waals surface area (Å²) in [6.07, 6.45) is 1.72. The third kappa shape index (κ3) is 1.10. The van der Waals surface area contributed by atoms with Crippen LogP contribution in [0.3, 0.4) is 0 Å². The maximum absolute atomic E-state index is 10.7. The van der Waals surface area contributed by atoms with E-state index in [1.807, 2.05) is 0 Å². The van der Waals surface area contributed by atoms with Crippen LogP contribution in [0.1, 0.15) is 6.92 Å². The van der Waals surface area contributed by atoms with Gasteiger partial charge in [0.15, 0.2) is 0 Å². The Morgan fingerprint density at radius 3 is 2.78 bits per heavy atom. The standard InChI is InChI=1S/C6H9NO2/c1-4-2-5(3-8)7-6(4)9/h2,5,8H,3H2,1H3,(H,7,9)/t5-/m1/s1. The Labute approximate surface area is 53.4 Å². The molecule has 1 rings (SSSR count). The topological polar surface area (TPSA) is 49.3 Å². The zero-order valence-corrected chi connectivity index (χ0v) is 5.22. The lowest BCUT2D eigenvalue weighted by Crippen LogP contribution is -2.29. The lowest BCUT2D eigenvalue weighted by molar-refractivity contribution is -0.117. The summed E-state index contributed by atoms with van der Waals surface area (Å²) >= 11 is 0. The molecule has 3 heteroatoms. The first kappa shape index (κ1) is 6.29. The van der Waals surface area contributed by atoms with Gasteiger partial charge in [-0.25, -0.2) is 0 Å². The number of carbonyl (C=O) groups is 1. The third-order valence-corrected chi connectivity index (χ3v) is 1.32. The van der Waals surface area contributed by atoms with Crippen molar-refractivity contribution in [1.29, 1.82) is 0 Å². The average molecular weight is 127 g/mol. The van der Waals surface area contributed by atoms with E-state index < -0.39 is 0 Å². The molecule has 1 aliphatic heterocycles. The molecule has 0 saturated heterocycles. The average Bonchev–Trinajstić information content (AvgIpc) is 2.13. The van der Waals surface area contributed by atoms with Crippen LogP contribution in [0.4, 0.5) is 0 Å². The van der Waals surface area contributed by atoms with Crippen LogP contribution in [0.5, 0.6) is 0 Å². The molecule has 50 valence electrons. The van der Waals surface area contributed by atoms with Gasteiger partial charge in [0.1, 0.15) is 0 Å². The van der Waals surface area contributed by atoms with Gasteiger partial charge in [-0.15, -0.1) is 0 Å². The van der Waals surface area contributed by atoms with Gasteiger partial charge in [0.05, 0.1) is 12.6 Å². The molecule has 1 heterocycles. The fourth-order valence-electron chi connectivity index (χ4n) is 0.800. The third-order valence-electron chi connectivity index (χ3n) is 1.32. The predicted octanol–water partition coefficient (Wildman–Crippen LogP) is -0.577. The second-order valence-electron chi connectivity index (χ2n) is 2.11. The fourth-order valence-corrected chi connectivity index (χ4v) is 0.800. The molecular formula is C6H9NO2. The monoisotopic (exact) mass is 127 g/mol.